The lowest BCUT2D eigenvalue weighted by atomic mass is 10.0. The number of hydrogen-bond donors (Lipinski definition) is 0. The van der Waals surface area contributed by atoms with Crippen molar-refractivity contribution in [1.82, 2.24) is 0 Å². The van der Waals surface area contributed by atoms with Gasteiger partial charge in [0.15, 0.2) is 6.10 Å². The zero-order valence-corrected chi connectivity index (χ0v) is 51.5. The van der Waals surface area contributed by atoms with Crippen LogP contribution < -0.4 is 0 Å². The lowest BCUT2D eigenvalue weighted by molar-refractivity contribution is -0.167. The van der Waals surface area contributed by atoms with Gasteiger partial charge in [0.25, 0.3) is 0 Å². The Balaban J connectivity index is 4.26. The van der Waals surface area contributed by atoms with E-state index >= 15 is 0 Å². The molecule has 0 bridgehead atoms. The van der Waals surface area contributed by atoms with E-state index in [-0.39, 0.29) is 31.1 Å². The minimum atomic E-state index is -0.775. The van der Waals surface area contributed by atoms with Crippen LogP contribution in [-0.2, 0) is 28.6 Å². The van der Waals surface area contributed by atoms with Gasteiger partial charge >= 0.3 is 17.9 Å². The smallest absolute Gasteiger partial charge is 0.306 e. The number of carbonyl (C=O) groups is 3. The Labute approximate surface area is 479 Å². The first-order valence-corrected chi connectivity index (χ1v) is 33.8. The van der Waals surface area contributed by atoms with Crippen LogP contribution in [-0.4, -0.2) is 37.2 Å². The molecule has 0 amide bonds. The van der Waals surface area contributed by atoms with Gasteiger partial charge < -0.3 is 14.2 Å². The third-order valence-electron chi connectivity index (χ3n) is 15.0. The van der Waals surface area contributed by atoms with Crippen molar-refractivity contribution in [2.45, 2.75) is 361 Å². The van der Waals surface area contributed by atoms with E-state index in [1.165, 1.54) is 231 Å². The molecular weight excluding hydrogens is 949 g/mol. The fourth-order valence-corrected chi connectivity index (χ4v) is 9.96. The molecule has 0 saturated heterocycles. The van der Waals surface area contributed by atoms with Gasteiger partial charge in [-0.05, 0) is 83.5 Å². The summed E-state index contributed by atoms with van der Waals surface area (Å²) in [4.78, 5) is 38.4. The second kappa shape index (κ2) is 65.6. The molecule has 0 aliphatic rings. The lowest BCUT2D eigenvalue weighted by Crippen LogP contribution is -2.30. The number of unbranched alkanes of at least 4 members (excludes halogenated alkanes) is 41. The highest BCUT2D eigenvalue weighted by Gasteiger charge is 2.19. The summed E-state index contributed by atoms with van der Waals surface area (Å²) in [5.41, 5.74) is 0. The van der Waals surface area contributed by atoms with Crippen LogP contribution in [0.1, 0.15) is 355 Å². The maximum atomic E-state index is 12.9. The fourth-order valence-electron chi connectivity index (χ4n) is 9.96. The molecule has 1 unspecified atom stereocenters. The first kappa shape index (κ1) is 74.1. The summed E-state index contributed by atoms with van der Waals surface area (Å²) in [5, 5.41) is 0. The average molecular weight is 1080 g/mol. The maximum Gasteiger partial charge on any atom is 0.306 e. The van der Waals surface area contributed by atoms with Crippen LogP contribution in [0, 0.1) is 0 Å². The quantitative estimate of drug-likeness (QED) is 0.0261. The highest BCUT2D eigenvalue weighted by Crippen LogP contribution is 2.18. The van der Waals surface area contributed by atoms with Crippen molar-refractivity contribution < 1.29 is 28.6 Å². The minimum Gasteiger partial charge on any atom is -0.462 e. The predicted molar refractivity (Wildman–Crippen MR) is 335 cm³/mol. The van der Waals surface area contributed by atoms with Crippen LogP contribution >= 0.6 is 0 Å². The molecule has 0 aromatic carbocycles. The molecule has 0 saturated carbocycles. The SMILES string of the molecule is CC/C=C\C/C=C\C/C=C\C/C=C\CCCCCCCCCCCCCCCCC(=O)OCC(COC(=O)CCCCCCCCCCCCCCCC)OC(=O)CCCCCCCCC/C=C\CCCCCCCCC. The van der Waals surface area contributed by atoms with E-state index in [9.17, 15) is 14.4 Å². The zero-order valence-electron chi connectivity index (χ0n) is 51.5. The van der Waals surface area contributed by atoms with E-state index in [1.54, 1.807) is 0 Å². The molecule has 0 fully saturated rings. The van der Waals surface area contributed by atoms with Gasteiger partial charge in [0, 0.05) is 19.3 Å². The topological polar surface area (TPSA) is 78.9 Å². The van der Waals surface area contributed by atoms with E-state index in [0.29, 0.717) is 19.3 Å². The molecule has 0 aliphatic heterocycles. The molecule has 6 heteroatoms. The van der Waals surface area contributed by atoms with E-state index < -0.39 is 6.10 Å². The largest absolute Gasteiger partial charge is 0.462 e. The third-order valence-corrected chi connectivity index (χ3v) is 15.0. The summed E-state index contributed by atoms with van der Waals surface area (Å²) < 4.78 is 17.0. The van der Waals surface area contributed by atoms with E-state index in [2.05, 4.69) is 81.5 Å². The van der Waals surface area contributed by atoms with Crippen molar-refractivity contribution in [2.75, 3.05) is 13.2 Å². The van der Waals surface area contributed by atoms with Gasteiger partial charge in [-0.3, -0.25) is 14.4 Å². The van der Waals surface area contributed by atoms with Crippen LogP contribution in [0.25, 0.3) is 0 Å². The van der Waals surface area contributed by atoms with Crippen molar-refractivity contribution in [3.05, 3.63) is 60.8 Å². The Kier molecular flexibility index (Phi) is 63.2. The van der Waals surface area contributed by atoms with E-state index in [4.69, 9.17) is 14.2 Å². The maximum absolute atomic E-state index is 12.9. The number of hydrogen-bond acceptors (Lipinski definition) is 6. The molecule has 0 heterocycles. The van der Waals surface area contributed by atoms with Crippen molar-refractivity contribution in [3.63, 3.8) is 0 Å². The molecule has 0 rings (SSSR count). The standard InChI is InChI=1S/C71H128O6/c1-4-7-10-13-16-19-22-25-28-30-32-33-34-35-36-37-38-39-40-42-43-46-49-52-55-58-61-64-70(73)76-67-68(66-75-69(72)63-60-57-54-51-48-45-27-24-21-18-15-12-9-6-3)77-71(74)65-62-59-56-53-50-47-44-41-31-29-26-23-20-17-14-11-8-5-2/h7,10,16,19,25,28-29,31-33,68H,4-6,8-9,11-15,17-18,20-24,26-27,30,34-67H2,1-3H3/b10-7-,19-16-,28-25-,31-29-,33-32-. The molecule has 448 valence electrons. The molecule has 77 heavy (non-hydrogen) atoms. The summed E-state index contributed by atoms with van der Waals surface area (Å²) >= 11 is 0. The Bertz CT molecular complexity index is 1380. The molecule has 0 N–H and O–H groups in total. The summed E-state index contributed by atoms with van der Waals surface area (Å²) in [6.45, 7) is 6.58. The van der Waals surface area contributed by atoms with Crippen LogP contribution in [0.15, 0.2) is 60.8 Å². The molecule has 0 aromatic rings. The van der Waals surface area contributed by atoms with Gasteiger partial charge in [-0.1, -0.05) is 313 Å². The van der Waals surface area contributed by atoms with Gasteiger partial charge in [0.05, 0.1) is 0 Å². The second-order valence-corrected chi connectivity index (χ2v) is 22.7. The highest BCUT2D eigenvalue weighted by molar-refractivity contribution is 5.71. The van der Waals surface area contributed by atoms with Crippen LogP contribution in [0.2, 0.25) is 0 Å². The van der Waals surface area contributed by atoms with Crippen molar-refractivity contribution in [2.24, 2.45) is 0 Å². The zero-order chi connectivity index (χ0) is 55.7. The van der Waals surface area contributed by atoms with Crippen molar-refractivity contribution >= 4 is 17.9 Å². The van der Waals surface area contributed by atoms with Gasteiger partial charge in [0.2, 0.25) is 0 Å². The Morgan fingerprint density at radius 3 is 0.805 bits per heavy atom. The number of allylic oxidation sites excluding steroid dienone is 10. The van der Waals surface area contributed by atoms with Gasteiger partial charge in [-0.2, -0.15) is 0 Å². The summed E-state index contributed by atoms with van der Waals surface area (Å²) in [5.74, 6) is -0.853. The number of carbonyl (C=O) groups excluding carboxylic acids is 3. The molecule has 6 nitrogen and oxygen atoms in total. The first-order chi connectivity index (χ1) is 38.0. The van der Waals surface area contributed by atoms with Gasteiger partial charge in [0.1, 0.15) is 13.2 Å². The van der Waals surface area contributed by atoms with Crippen LogP contribution in [0.4, 0.5) is 0 Å². The van der Waals surface area contributed by atoms with Crippen LogP contribution in [0.5, 0.6) is 0 Å². The number of rotatable bonds is 62. The molecule has 0 aliphatic carbocycles. The first-order valence-electron chi connectivity index (χ1n) is 33.8. The normalized spacial score (nSPS) is 12.4. The molecular formula is C71H128O6. The summed E-state index contributed by atoms with van der Waals surface area (Å²) in [6, 6.07) is 0. The number of ether oxygens (including phenoxy) is 3. The highest BCUT2D eigenvalue weighted by atomic mass is 16.6. The second-order valence-electron chi connectivity index (χ2n) is 22.7. The molecule has 0 radical (unpaired) electrons. The fraction of sp³-hybridized carbons (Fsp3) is 0.817. The third kappa shape index (κ3) is 63.8. The van der Waals surface area contributed by atoms with Crippen LogP contribution in [0.3, 0.4) is 0 Å². The van der Waals surface area contributed by atoms with Crippen molar-refractivity contribution in [3.8, 4) is 0 Å². The summed E-state index contributed by atoms with van der Waals surface area (Å²) in [6.07, 6.45) is 83.8. The molecule has 0 spiro atoms. The molecule has 1 atom stereocenters. The predicted octanol–water partition coefficient (Wildman–Crippen LogP) is 23.1. The van der Waals surface area contributed by atoms with E-state index in [0.717, 1.165) is 83.5 Å². The Morgan fingerprint density at radius 1 is 0.273 bits per heavy atom. The lowest BCUT2D eigenvalue weighted by Gasteiger charge is -2.18. The van der Waals surface area contributed by atoms with E-state index in [1.807, 2.05) is 0 Å². The summed E-state index contributed by atoms with van der Waals surface area (Å²) in [7, 11) is 0. The Morgan fingerprint density at radius 2 is 0.506 bits per heavy atom. The minimum absolute atomic E-state index is 0.0709. The van der Waals surface area contributed by atoms with Gasteiger partial charge in [-0.25, -0.2) is 0 Å². The van der Waals surface area contributed by atoms with Crippen molar-refractivity contribution in [1.29, 1.82) is 0 Å². The molecule has 0 aromatic heterocycles. The number of esters is 3. The van der Waals surface area contributed by atoms with Gasteiger partial charge in [-0.15, -0.1) is 0 Å². The monoisotopic (exact) mass is 1080 g/mol. The Hall–Kier alpha value is -2.89. The average Bonchev–Trinajstić information content (AvgIpc) is 3.43.